The topological polar surface area (TPSA) is 69.7 Å². The van der Waals surface area contributed by atoms with Crippen LogP contribution in [-0.2, 0) is 21.7 Å². The molecule has 1 N–H and O–H groups in total. The normalized spacial score (nSPS) is 18.4. The molecule has 7 heteroatoms. The molecule has 3 aromatic carbocycles. The first kappa shape index (κ1) is 20.5. The number of carbonyl (C=O) groups is 3. The summed E-state index contributed by atoms with van der Waals surface area (Å²) in [6.45, 7) is 1.52. The lowest BCUT2D eigenvalue weighted by molar-refractivity contribution is -0.138. The van der Waals surface area contributed by atoms with E-state index in [1.54, 1.807) is 26.1 Å². The van der Waals surface area contributed by atoms with E-state index in [1.165, 1.54) is 17.0 Å². The lowest BCUT2D eigenvalue weighted by Gasteiger charge is -2.24. The number of halogens is 1. The Morgan fingerprint density at radius 1 is 1.03 bits per heavy atom. The molecule has 1 aliphatic rings. The predicted molar refractivity (Wildman–Crippen MR) is 114 cm³/mol. The fourth-order valence-corrected chi connectivity index (χ4v) is 3.89. The zero-order chi connectivity index (χ0) is 22.2. The largest absolute Gasteiger partial charge is 0.340 e. The van der Waals surface area contributed by atoms with Crippen molar-refractivity contribution in [2.45, 2.75) is 19.0 Å². The standard InChI is InChI=1S/C24H22FN3O3/c1-24(20-9-5-7-17-6-3-4-8-19(17)20)22(30)28(23(31)26-24)15-21(29)27(2)14-16-10-12-18(25)13-11-16/h3-13H,14-15H2,1-2H3,(H,26,31). The Kier molecular flexibility index (Phi) is 5.19. The van der Waals surface area contributed by atoms with Gasteiger partial charge in [-0.15, -0.1) is 0 Å². The molecule has 0 radical (unpaired) electrons. The molecule has 0 saturated carbocycles. The van der Waals surface area contributed by atoms with E-state index in [9.17, 15) is 18.8 Å². The van der Waals surface area contributed by atoms with Gasteiger partial charge >= 0.3 is 6.03 Å². The molecule has 1 heterocycles. The molecule has 0 aromatic heterocycles. The second-order valence-corrected chi connectivity index (χ2v) is 7.85. The third kappa shape index (κ3) is 3.74. The van der Waals surface area contributed by atoms with E-state index in [4.69, 9.17) is 0 Å². The van der Waals surface area contributed by atoms with Crippen molar-refractivity contribution in [1.82, 2.24) is 15.1 Å². The number of amides is 4. The SMILES string of the molecule is CN(Cc1ccc(F)cc1)C(=O)CN1C(=O)NC(C)(c2cccc3ccccc23)C1=O. The van der Waals surface area contributed by atoms with E-state index >= 15 is 0 Å². The summed E-state index contributed by atoms with van der Waals surface area (Å²) in [6.07, 6.45) is 0. The highest BCUT2D eigenvalue weighted by Gasteiger charge is 2.50. The van der Waals surface area contributed by atoms with E-state index in [2.05, 4.69) is 5.32 Å². The molecule has 1 saturated heterocycles. The molecular formula is C24H22FN3O3. The monoisotopic (exact) mass is 419 g/mol. The smallest absolute Gasteiger partial charge is 0.325 e. The van der Waals surface area contributed by atoms with Crippen LogP contribution in [0.4, 0.5) is 9.18 Å². The number of benzene rings is 3. The maximum atomic E-state index is 13.3. The van der Waals surface area contributed by atoms with Crippen molar-refractivity contribution in [3.63, 3.8) is 0 Å². The molecule has 1 fully saturated rings. The van der Waals surface area contributed by atoms with Crippen molar-refractivity contribution in [2.24, 2.45) is 0 Å². The van der Waals surface area contributed by atoms with E-state index in [0.717, 1.165) is 21.2 Å². The molecule has 4 rings (SSSR count). The third-order valence-corrected chi connectivity index (χ3v) is 5.66. The van der Waals surface area contributed by atoms with Gasteiger partial charge in [-0.1, -0.05) is 54.6 Å². The molecule has 0 spiro atoms. The van der Waals surface area contributed by atoms with Gasteiger partial charge in [-0.25, -0.2) is 9.18 Å². The molecular weight excluding hydrogens is 397 g/mol. The Bertz CT molecular complexity index is 1170. The molecule has 0 aliphatic carbocycles. The molecule has 0 bridgehead atoms. The second kappa shape index (κ2) is 7.83. The van der Waals surface area contributed by atoms with E-state index in [0.29, 0.717) is 5.56 Å². The number of likely N-dealkylation sites (N-methyl/N-ethyl adjacent to an activating group) is 1. The van der Waals surface area contributed by atoms with Crippen LogP contribution in [0.15, 0.2) is 66.7 Å². The predicted octanol–water partition coefficient (Wildman–Crippen LogP) is 3.40. The molecule has 31 heavy (non-hydrogen) atoms. The second-order valence-electron chi connectivity index (χ2n) is 7.85. The fraction of sp³-hybridized carbons (Fsp3) is 0.208. The van der Waals surface area contributed by atoms with Gasteiger partial charge in [-0.2, -0.15) is 0 Å². The summed E-state index contributed by atoms with van der Waals surface area (Å²) in [4.78, 5) is 41.0. The Hall–Kier alpha value is -3.74. The zero-order valence-corrected chi connectivity index (χ0v) is 17.3. The first-order chi connectivity index (χ1) is 14.8. The van der Waals surface area contributed by atoms with Gasteiger partial charge in [0.1, 0.15) is 17.9 Å². The number of fused-ring (bicyclic) bond motifs is 1. The lowest BCUT2D eigenvalue weighted by atomic mass is 9.88. The third-order valence-electron chi connectivity index (χ3n) is 5.66. The molecule has 6 nitrogen and oxygen atoms in total. The van der Waals surface area contributed by atoms with Crippen molar-refractivity contribution in [3.05, 3.63) is 83.7 Å². The number of carbonyl (C=O) groups excluding carboxylic acids is 3. The van der Waals surface area contributed by atoms with Crippen molar-refractivity contribution < 1.29 is 18.8 Å². The maximum Gasteiger partial charge on any atom is 0.325 e. The van der Waals surface area contributed by atoms with Gasteiger partial charge in [0, 0.05) is 13.6 Å². The first-order valence-corrected chi connectivity index (χ1v) is 9.90. The minimum Gasteiger partial charge on any atom is -0.340 e. The van der Waals surface area contributed by atoms with Crippen molar-refractivity contribution in [3.8, 4) is 0 Å². The Balaban J connectivity index is 1.54. The number of hydrogen-bond donors (Lipinski definition) is 1. The molecule has 1 aliphatic heterocycles. The van der Waals surface area contributed by atoms with E-state index in [1.807, 2.05) is 42.5 Å². The van der Waals surface area contributed by atoms with Crippen LogP contribution < -0.4 is 5.32 Å². The Morgan fingerprint density at radius 3 is 2.45 bits per heavy atom. The van der Waals surface area contributed by atoms with Crippen LogP contribution >= 0.6 is 0 Å². The zero-order valence-electron chi connectivity index (χ0n) is 17.3. The number of rotatable bonds is 5. The van der Waals surface area contributed by atoms with Gasteiger partial charge in [0.15, 0.2) is 0 Å². The number of hydrogen-bond acceptors (Lipinski definition) is 3. The highest BCUT2D eigenvalue weighted by molar-refractivity contribution is 6.10. The van der Waals surface area contributed by atoms with E-state index < -0.39 is 23.4 Å². The van der Waals surface area contributed by atoms with Gasteiger partial charge in [0.25, 0.3) is 5.91 Å². The van der Waals surface area contributed by atoms with Gasteiger partial charge < -0.3 is 10.2 Å². The van der Waals surface area contributed by atoms with Gasteiger partial charge in [0.2, 0.25) is 5.91 Å². The maximum absolute atomic E-state index is 13.3. The quantitative estimate of drug-likeness (QED) is 0.645. The number of nitrogens with one attached hydrogen (secondary N) is 1. The van der Waals surface area contributed by atoms with Gasteiger partial charge in [-0.3, -0.25) is 14.5 Å². The van der Waals surface area contributed by atoms with Crippen LogP contribution in [-0.4, -0.2) is 41.2 Å². The molecule has 1 unspecified atom stereocenters. The molecule has 4 amide bonds. The fourth-order valence-electron chi connectivity index (χ4n) is 3.89. The average Bonchev–Trinajstić information content (AvgIpc) is 2.98. The molecule has 1 atom stereocenters. The summed E-state index contributed by atoms with van der Waals surface area (Å²) >= 11 is 0. The van der Waals surface area contributed by atoms with Crippen LogP contribution in [0.3, 0.4) is 0 Å². The highest BCUT2D eigenvalue weighted by Crippen LogP contribution is 2.33. The number of nitrogens with zero attached hydrogens (tertiary/aromatic N) is 2. The number of imide groups is 1. The molecule has 158 valence electrons. The van der Waals surface area contributed by atoms with Crippen LogP contribution in [0.1, 0.15) is 18.1 Å². The Labute approximate surface area is 179 Å². The van der Waals surface area contributed by atoms with Crippen LogP contribution in [0.2, 0.25) is 0 Å². The summed E-state index contributed by atoms with van der Waals surface area (Å²) in [7, 11) is 1.58. The minimum absolute atomic E-state index is 0.239. The van der Waals surface area contributed by atoms with Crippen LogP contribution in [0.5, 0.6) is 0 Å². The van der Waals surface area contributed by atoms with Crippen molar-refractivity contribution in [2.75, 3.05) is 13.6 Å². The summed E-state index contributed by atoms with van der Waals surface area (Å²) in [5, 5.41) is 4.58. The first-order valence-electron chi connectivity index (χ1n) is 9.90. The van der Waals surface area contributed by atoms with Gasteiger partial charge in [-0.05, 0) is 41.0 Å². The van der Waals surface area contributed by atoms with Crippen molar-refractivity contribution in [1.29, 1.82) is 0 Å². The molecule has 3 aromatic rings. The summed E-state index contributed by atoms with van der Waals surface area (Å²) in [5.41, 5.74) is 0.155. The van der Waals surface area contributed by atoms with Crippen molar-refractivity contribution >= 4 is 28.6 Å². The van der Waals surface area contributed by atoms with Gasteiger partial charge in [0.05, 0.1) is 0 Å². The minimum atomic E-state index is -1.27. The van der Waals surface area contributed by atoms with E-state index in [-0.39, 0.29) is 18.9 Å². The summed E-state index contributed by atoms with van der Waals surface area (Å²) < 4.78 is 13.1. The summed E-state index contributed by atoms with van der Waals surface area (Å²) in [6, 6.07) is 18.4. The highest BCUT2D eigenvalue weighted by atomic mass is 19.1. The lowest BCUT2D eigenvalue weighted by Crippen LogP contribution is -2.43. The summed E-state index contributed by atoms with van der Waals surface area (Å²) in [5.74, 6) is -1.22. The Morgan fingerprint density at radius 2 is 1.71 bits per heavy atom. The number of urea groups is 1. The van der Waals surface area contributed by atoms with Crippen LogP contribution in [0, 0.1) is 5.82 Å². The van der Waals surface area contributed by atoms with Crippen LogP contribution in [0.25, 0.3) is 10.8 Å². The average molecular weight is 419 g/mol.